The maximum atomic E-state index is 14.0. The molecule has 1 saturated heterocycles. The number of likely N-dealkylation sites (N-methyl/N-ethyl adjacent to an activating group) is 1. The molecular formula is C50H54N8O11. The molecule has 1 unspecified atom stereocenters. The van der Waals surface area contributed by atoms with Crippen LogP contribution < -0.4 is 15.6 Å². The highest BCUT2D eigenvalue weighted by atomic mass is 16.6. The number of ether oxygens (including phenoxy) is 3. The molecule has 3 amide bonds. The number of phenolic OH excluding ortho intramolecular Hbond substituents is 3. The summed E-state index contributed by atoms with van der Waals surface area (Å²) in [6.45, 7) is 10.2. The van der Waals surface area contributed by atoms with Gasteiger partial charge >= 0.3 is 6.09 Å². The number of amides is 3. The molecule has 4 N–H and O–H groups in total. The lowest BCUT2D eigenvalue weighted by Gasteiger charge is -2.33. The van der Waals surface area contributed by atoms with Crippen LogP contribution in [0.3, 0.4) is 0 Å². The first-order valence-electron chi connectivity index (χ1n) is 22.8. The maximum Gasteiger partial charge on any atom is 0.410 e. The van der Waals surface area contributed by atoms with Crippen LogP contribution in [0.1, 0.15) is 97.9 Å². The Morgan fingerprint density at radius 2 is 1.67 bits per heavy atom. The van der Waals surface area contributed by atoms with E-state index in [0.29, 0.717) is 78.4 Å². The monoisotopic (exact) mass is 942 g/mol. The minimum absolute atomic E-state index is 0.00347. The molecule has 3 aromatic heterocycles. The zero-order valence-electron chi connectivity index (χ0n) is 39.2. The topological polar surface area (TPSA) is 241 Å². The molecule has 360 valence electrons. The van der Waals surface area contributed by atoms with E-state index in [-0.39, 0.29) is 84.1 Å². The van der Waals surface area contributed by atoms with Crippen molar-refractivity contribution in [2.45, 2.75) is 85.2 Å². The maximum absolute atomic E-state index is 14.0. The van der Waals surface area contributed by atoms with E-state index in [1.165, 1.54) is 22.6 Å². The molecule has 0 bridgehead atoms. The third kappa shape index (κ3) is 9.35. The standard InChI is InChI=1S/C50H54N8O11/c1-7-33-36-19-30(60)11-14-40(36)52-45-38(33)23-57-41(45)21-35(39(49(57)65)25-67-26-59)28(5)68-50(66)55(6)24-44(63)56-17-15-32(16-18-56)69-31-12-9-29(10-13-31)58-46(53-54-47(58)48(64)51-8-2)37-20-34(27(3)4)42(61)22-43(37)62/h9-14,19-22,26-28,32,60-62H,7-8,15-18,23-25H2,1-6H3,(H,51,64). The molecule has 1 fully saturated rings. The van der Waals surface area contributed by atoms with E-state index in [1.54, 1.807) is 77.9 Å². The Kier molecular flexibility index (Phi) is 13.6. The summed E-state index contributed by atoms with van der Waals surface area (Å²) in [6.07, 6.45) is -0.349. The molecule has 19 nitrogen and oxygen atoms in total. The third-order valence-electron chi connectivity index (χ3n) is 12.6. The first-order valence-corrected chi connectivity index (χ1v) is 22.8. The summed E-state index contributed by atoms with van der Waals surface area (Å²) < 4.78 is 20.3. The van der Waals surface area contributed by atoms with Gasteiger partial charge in [0.2, 0.25) is 11.7 Å². The van der Waals surface area contributed by atoms with E-state index in [2.05, 4.69) is 15.5 Å². The molecule has 0 spiro atoms. The minimum atomic E-state index is -0.986. The summed E-state index contributed by atoms with van der Waals surface area (Å²) in [5.41, 5.74) is 5.00. The number of carbonyl (C=O) groups excluding carboxylic acids is 4. The predicted molar refractivity (Wildman–Crippen MR) is 252 cm³/mol. The molecule has 0 radical (unpaired) electrons. The third-order valence-corrected chi connectivity index (χ3v) is 12.6. The van der Waals surface area contributed by atoms with Crippen molar-refractivity contribution in [2.24, 2.45) is 0 Å². The number of hydrogen-bond acceptors (Lipinski definition) is 14. The van der Waals surface area contributed by atoms with Gasteiger partial charge in [0, 0.05) is 67.8 Å². The zero-order chi connectivity index (χ0) is 49.3. The number of aromatic hydroxyl groups is 3. The number of hydrogen-bond donors (Lipinski definition) is 4. The molecule has 69 heavy (non-hydrogen) atoms. The van der Waals surface area contributed by atoms with Crippen LogP contribution in [0.4, 0.5) is 4.79 Å². The SMILES string of the molecule is CCNC(=O)c1nnc(-c2cc(C(C)C)c(O)cc2O)n1-c1ccc(OC2CCN(C(=O)CN(C)C(=O)OC(C)c3cc4n(c(=O)c3COC=O)Cc3c-4nc4ccc(O)cc4c3CC)CC2)cc1. The minimum Gasteiger partial charge on any atom is -0.508 e. The second-order valence-electron chi connectivity index (χ2n) is 17.4. The fourth-order valence-electron chi connectivity index (χ4n) is 9.07. The van der Waals surface area contributed by atoms with E-state index in [4.69, 9.17) is 19.2 Å². The van der Waals surface area contributed by atoms with Crippen LogP contribution in [0.15, 0.2) is 65.5 Å². The van der Waals surface area contributed by atoms with Gasteiger partial charge in [0.05, 0.1) is 34.6 Å². The first kappa shape index (κ1) is 47.5. The Morgan fingerprint density at radius 1 is 0.928 bits per heavy atom. The number of aromatic nitrogens is 5. The predicted octanol–water partition coefficient (Wildman–Crippen LogP) is 6.10. The number of likely N-dealkylation sites (tertiary alicyclic amines) is 1. The Labute approximate surface area is 396 Å². The fourth-order valence-corrected chi connectivity index (χ4v) is 9.07. The van der Waals surface area contributed by atoms with Gasteiger partial charge in [-0.2, -0.15) is 0 Å². The van der Waals surface area contributed by atoms with Crippen LogP contribution in [0, 0.1) is 0 Å². The van der Waals surface area contributed by atoms with Crippen LogP contribution in [0.2, 0.25) is 0 Å². The molecule has 2 aliphatic heterocycles. The summed E-state index contributed by atoms with van der Waals surface area (Å²) in [6, 6.07) is 16.5. The van der Waals surface area contributed by atoms with Crippen molar-refractivity contribution in [1.82, 2.24) is 39.4 Å². The number of pyridine rings is 2. The average molecular weight is 943 g/mol. The summed E-state index contributed by atoms with van der Waals surface area (Å²) in [5.74, 6) is -0.238. The average Bonchev–Trinajstić information content (AvgIpc) is 3.93. The largest absolute Gasteiger partial charge is 0.508 e. The highest BCUT2D eigenvalue weighted by Crippen LogP contribution is 2.40. The van der Waals surface area contributed by atoms with Crippen LogP contribution in [0.5, 0.6) is 23.0 Å². The van der Waals surface area contributed by atoms with E-state index in [1.807, 2.05) is 20.8 Å². The van der Waals surface area contributed by atoms with E-state index in [0.717, 1.165) is 16.5 Å². The molecule has 6 aromatic rings. The Morgan fingerprint density at radius 3 is 2.35 bits per heavy atom. The summed E-state index contributed by atoms with van der Waals surface area (Å²) in [4.78, 5) is 73.1. The number of nitrogens with zero attached hydrogens (tertiary/aromatic N) is 7. The van der Waals surface area contributed by atoms with Crippen molar-refractivity contribution in [3.05, 3.63) is 105 Å². The number of nitrogens with one attached hydrogen (secondary N) is 1. The number of rotatable bonds is 15. The molecule has 2 aliphatic rings. The van der Waals surface area contributed by atoms with E-state index in [9.17, 15) is 39.3 Å². The van der Waals surface area contributed by atoms with Crippen LogP contribution in [0.25, 0.3) is 39.4 Å². The molecule has 19 heteroatoms. The van der Waals surface area contributed by atoms with Gasteiger partial charge in [0.25, 0.3) is 17.9 Å². The van der Waals surface area contributed by atoms with Gasteiger partial charge in [-0.25, -0.2) is 9.78 Å². The lowest BCUT2D eigenvalue weighted by atomic mass is 9.98. The molecule has 3 aromatic carbocycles. The zero-order valence-corrected chi connectivity index (χ0v) is 39.2. The number of benzene rings is 3. The van der Waals surface area contributed by atoms with Crippen LogP contribution in [-0.2, 0) is 38.6 Å². The number of aryl methyl sites for hydroxylation is 1. The highest BCUT2D eigenvalue weighted by molar-refractivity contribution is 5.92. The van der Waals surface area contributed by atoms with Gasteiger partial charge in [-0.1, -0.05) is 20.8 Å². The van der Waals surface area contributed by atoms with Crippen molar-refractivity contribution in [2.75, 3.05) is 33.2 Å². The summed E-state index contributed by atoms with van der Waals surface area (Å²) >= 11 is 0. The van der Waals surface area contributed by atoms with E-state index >= 15 is 0 Å². The summed E-state index contributed by atoms with van der Waals surface area (Å²) in [5, 5.41) is 43.5. The molecular weight excluding hydrogens is 889 g/mol. The second kappa shape index (κ2) is 19.7. The Hall–Kier alpha value is -7.96. The number of fused-ring (bicyclic) bond motifs is 4. The molecule has 5 heterocycles. The fraction of sp³-hybridized carbons (Fsp3) is 0.360. The Balaban J connectivity index is 0.907. The smallest absolute Gasteiger partial charge is 0.410 e. The van der Waals surface area contributed by atoms with Gasteiger partial charge in [0.15, 0.2) is 5.82 Å². The number of piperidine rings is 1. The lowest BCUT2D eigenvalue weighted by Crippen LogP contribution is -2.46. The number of carbonyl (C=O) groups is 4. The van der Waals surface area contributed by atoms with Crippen LogP contribution >= 0.6 is 0 Å². The quantitative estimate of drug-likeness (QED) is 0.0850. The van der Waals surface area contributed by atoms with Crippen LogP contribution in [-0.4, -0.2) is 113 Å². The molecule has 0 saturated carbocycles. The van der Waals surface area contributed by atoms with Crippen molar-refractivity contribution in [1.29, 1.82) is 0 Å². The first-order chi connectivity index (χ1) is 33.1. The highest BCUT2D eigenvalue weighted by Gasteiger charge is 2.32. The lowest BCUT2D eigenvalue weighted by molar-refractivity contribution is -0.133. The van der Waals surface area contributed by atoms with Gasteiger partial charge in [-0.3, -0.25) is 23.7 Å². The van der Waals surface area contributed by atoms with Gasteiger partial charge in [-0.15, -0.1) is 10.2 Å². The van der Waals surface area contributed by atoms with Crippen molar-refractivity contribution in [3.8, 4) is 51.5 Å². The Bertz CT molecular complexity index is 3030. The van der Waals surface area contributed by atoms with E-state index < -0.39 is 23.7 Å². The van der Waals surface area contributed by atoms with Crippen molar-refractivity contribution < 1.29 is 48.7 Å². The second-order valence-corrected chi connectivity index (χ2v) is 17.4. The van der Waals surface area contributed by atoms with Gasteiger partial charge in [-0.05, 0) is 91.9 Å². The normalized spacial score (nSPS) is 13.8. The molecule has 1 atom stereocenters. The van der Waals surface area contributed by atoms with Gasteiger partial charge < -0.3 is 49.2 Å². The van der Waals surface area contributed by atoms with Crippen molar-refractivity contribution >= 4 is 35.3 Å². The molecule has 8 rings (SSSR count). The number of phenols is 3. The summed E-state index contributed by atoms with van der Waals surface area (Å²) in [7, 11) is 1.45. The van der Waals surface area contributed by atoms with Gasteiger partial charge in [0.1, 0.15) is 48.4 Å². The molecule has 0 aliphatic carbocycles. The van der Waals surface area contributed by atoms with Crippen molar-refractivity contribution in [3.63, 3.8) is 0 Å².